The molecule has 0 saturated carbocycles. The van der Waals surface area contributed by atoms with Crippen LogP contribution < -0.4 is 10.1 Å². The van der Waals surface area contributed by atoms with Crippen LogP contribution in [-0.4, -0.2) is 44.0 Å². The van der Waals surface area contributed by atoms with Gasteiger partial charge in [0.05, 0.1) is 18.1 Å². The molecule has 0 saturated heterocycles. The first kappa shape index (κ1) is 23.7. The van der Waals surface area contributed by atoms with E-state index in [0.717, 1.165) is 22.6 Å². The highest BCUT2D eigenvalue weighted by atomic mass is 32.2. The lowest BCUT2D eigenvalue weighted by Gasteiger charge is -2.09. The highest BCUT2D eigenvalue weighted by Crippen LogP contribution is 2.24. The quantitative estimate of drug-likeness (QED) is 0.348. The number of thioether (sulfide) groups is 1. The third-order valence-corrected chi connectivity index (χ3v) is 6.32. The minimum Gasteiger partial charge on any atom is -0.486 e. The number of carbonyl (C=O) groups excluding carboxylic acids is 2. The van der Waals surface area contributed by atoms with Gasteiger partial charge in [-0.05, 0) is 45.4 Å². The average Bonchev–Trinajstić information content (AvgIpc) is 3.33. The molecule has 9 nitrogen and oxygen atoms in total. The first-order chi connectivity index (χ1) is 15.4. The number of amides is 1. The zero-order valence-corrected chi connectivity index (χ0v) is 20.0. The summed E-state index contributed by atoms with van der Waals surface area (Å²) in [6.07, 6.45) is 0. The Balaban J connectivity index is 1.57. The highest BCUT2D eigenvalue weighted by Gasteiger charge is 2.18. The summed E-state index contributed by atoms with van der Waals surface area (Å²) in [5.74, 6) is 0.900. The van der Waals surface area contributed by atoms with Gasteiger partial charge >= 0.3 is 5.97 Å². The molecule has 0 atom stereocenters. The Morgan fingerprint density at radius 3 is 2.75 bits per heavy atom. The van der Waals surface area contributed by atoms with Gasteiger partial charge in [0, 0.05) is 6.54 Å². The third-order valence-electron chi connectivity index (χ3n) is 4.30. The molecule has 0 spiro atoms. The van der Waals surface area contributed by atoms with Crippen molar-refractivity contribution in [3.05, 3.63) is 46.2 Å². The molecule has 1 aromatic carbocycles. The molecule has 0 radical (unpaired) electrons. The Hall–Kier alpha value is -2.92. The van der Waals surface area contributed by atoms with Crippen LogP contribution in [0, 0.1) is 13.8 Å². The third kappa shape index (κ3) is 6.07. The standard InChI is InChI=1S/C21H25N5O4S2/c1-5-26-16(11-30-15-9-7-8-13(3)10-15)24-25-21(26)31-12-17(27)23-20-22-14(4)18(32-20)19(28)29-6-2/h7-10H,5-6,11-12H2,1-4H3,(H,22,23,27). The maximum atomic E-state index is 12.4. The molecule has 0 aliphatic heterocycles. The molecular weight excluding hydrogens is 450 g/mol. The number of nitrogens with zero attached hydrogens (tertiary/aromatic N) is 4. The van der Waals surface area contributed by atoms with Gasteiger partial charge in [0.25, 0.3) is 0 Å². The van der Waals surface area contributed by atoms with Crippen molar-refractivity contribution in [3.8, 4) is 5.75 Å². The van der Waals surface area contributed by atoms with Gasteiger partial charge < -0.3 is 19.4 Å². The second kappa shape index (κ2) is 11.1. The molecular formula is C21H25N5O4S2. The van der Waals surface area contributed by atoms with Crippen LogP contribution >= 0.6 is 23.1 Å². The summed E-state index contributed by atoms with van der Waals surface area (Å²) in [7, 11) is 0. The van der Waals surface area contributed by atoms with Crippen molar-refractivity contribution >= 4 is 40.1 Å². The van der Waals surface area contributed by atoms with Crippen molar-refractivity contribution in [1.82, 2.24) is 19.7 Å². The lowest BCUT2D eigenvalue weighted by atomic mass is 10.2. The number of carbonyl (C=O) groups is 2. The molecule has 0 unspecified atom stereocenters. The van der Waals surface area contributed by atoms with Crippen molar-refractivity contribution in [1.29, 1.82) is 0 Å². The van der Waals surface area contributed by atoms with Gasteiger partial charge in [0.1, 0.15) is 17.2 Å². The van der Waals surface area contributed by atoms with Crippen molar-refractivity contribution in [3.63, 3.8) is 0 Å². The van der Waals surface area contributed by atoms with Gasteiger partial charge in [-0.1, -0.05) is 35.2 Å². The summed E-state index contributed by atoms with van der Waals surface area (Å²) in [5.41, 5.74) is 1.65. The fraction of sp³-hybridized carbons (Fsp3) is 0.381. The summed E-state index contributed by atoms with van der Waals surface area (Å²) in [4.78, 5) is 28.9. The van der Waals surface area contributed by atoms with E-state index >= 15 is 0 Å². The predicted octanol–water partition coefficient (Wildman–Crippen LogP) is 3.86. The average molecular weight is 476 g/mol. The molecule has 0 aliphatic rings. The summed E-state index contributed by atoms with van der Waals surface area (Å²) in [6, 6.07) is 7.80. The van der Waals surface area contributed by atoms with E-state index in [4.69, 9.17) is 9.47 Å². The van der Waals surface area contributed by atoms with E-state index in [-0.39, 0.29) is 24.9 Å². The molecule has 0 fully saturated rings. The Kier molecular flexibility index (Phi) is 8.23. The van der Waals surface area contributed by atoms with Gasteiger partial charge in [-0.15, -0.1) is 10.2 Å². The summed E-state index contributed by atoms with van der Waals surface area (Å²) in [6.45, 7) is 8.65. The van der Waals surface area contributed by atoms with Crippen LogP contribution in [0.15, 0.2) is 29.4 Å². The molecule has 1 amide bonds. The SMILES string of the molecule is CCOC(=O)c1sc(NC(=O)CSc2nnc(COc3cccc(C)c3)n2CC)nc1C. The molecule has 2 aromatic heterocycles. The molecule has 32 heavy (non-hydrogen) atoms. The fourth-order valence-corrected chi connectivity index (χ4v) is 4.52. The number of hydrogen-bond acceptors (Lipinski definition) is 9. The number of aryl methyl sites for hydroxylation is 2. The van der Waals surface area contributed by atoms with Crippen LogP contribution in [0.25, 0.3) is 0 Å². The van der Waals surface area contributed by atoms with Crippen LogP contribution in [-0.2, 0) is 22.7 Å². The van der Waals surface area contributed by atoms with E-state index in [1.807, 2.05) is 42.7 Å². The number of esters is 1. The number of benzene rings is 1. The number of nitrogens with one attached hydrogen (secondary N) is 1. The summed E-state index contributed by atoms with van der Waals surface area (Å²) < 4.78 is 12.7. The summed E-state index contributed by atoms with van der Waals surface area (Å²) >= 11 is 2.37. The Bertz CT molecular complexity index is 1100. The van der Waals surface area contributed by atoms with Crippen LogP contribution in [0.1, 0.15) is 40.6 Å². The maximum absolute atomic E-state index is 12.4. The minimum absolute atomic E-state index is 0.129. The van der Waals surface area contributed by atoms with E-state index in [9.17, 15) is 9.59 Å². The zero-order valence-electron chi connectivity index (χ0n) is 18.4. The number of aromatic nitrogens is 4. The smallest absolute Gasteiger partial charge is 0.350 e. The number of thiazole rings is 1. The normalized spacial score (nSPS) is 10.8. The maximum Gasteiger partial charge on any atom is 0.350 e. The molecule has 2 heterocycles. The lowest BCUT2D eigenvalue weighted by Crippen LogP contribution is -2.14. The molecule has 3 aromatic rings. The molecule has 0 bridgehead atoms. The van der Waals surface area contributed by atoms with E-state index in [2.05, 4.69) is 20.5 Å². The largest absolute Gasteiger partial charge is 0.486 e. The number of hydrogen-bond donors (Lipinski definition) is 1. The van der Waals surface area contributed by atoms with Gasteiger partial charge in [-0.25, -0.2) is 9.78 Å². The van der Waals surface area contributed by atoms with Crippen LogP contribution in [0.3, 0.4) is 0 Å². The van der Waals surface area contributed by atoms with E-state index in [0.29, 0.717) is 33.2 Å². The topological polar surface area (TPSA) is 108 Å². The van der Waals surface area contributed by atoms with Crippen LogP contribution in [0.5, 0.6) is 5.75 Å². The molecule has 3 rings (SSSR count). The van der Waals surface area contributed by atoms with E-state index < -0.39 is 5.97 Å². The second-order valence-electron chi connectivity index (χ2n) is 6.74. The Labute approximate surface area is 194 Å². The number of anilines is 1. The first-order valence-electron chi connectivity index (χ1n) is 10.1. The van der Waals surface area contributed by atoms with E-state index in [1.54, 1.807) is 13.8 Å². The Morgan fingerprint density at radius 1 is 1.22 bits per heavy atom. The predicted molar refractivity (Wildman–Crippen MR) is 123 cm³/mol. The van der Waals surface area contributed by atoms with Gasteiger partial charge in [-0.2, -0.15) is 0 Å². The monoisotopic (exact) mass is 475 g/mol. The first-order valence-corrected chi connectivity index (χ1v) is 11.9. The fourth-order valence-electron chi connectivity index (χ4n) is 2.82. The summed E-state index contributed by atoms with van der Waals surface area (Å²) in [5, 5.41) is 12.1. The van der Waals surface area contributed by atoms with Gasteiger partial charge in [0.2, 0.25) is 5.91 Å². The van der Waals surface area contributed by atoms with Gasteiger partial charge in [-0.3, -0.25) is 4.79 Å². The lowest BCUT2D eigenvalue weighted by molar-refractivity contribution is -0.113. The highest BCUT2D eigenvalue weighted by molar-refractivity contribution is 7.99. The van der Waals surface area contributed by atoms with E-state index in [1.165, 1.54) is 11.8 Å². The minimum atomic E-state index is -0.436. The van der Waals surface area contributed by atoms with Crippen molar-refractivity contribution in [2.24, 2.45) is 0 Å². The van der Waals surface area contributed by atoms with Crippen LogP contribution in [0.4, 0.5) is 5.13 Å². The Morgan fingerprint density at radius 2 is 2.03 bits per heavy atom. The molecule has 1 N–H and O–H groups in total. The second-order valence-corrected chi connectivity index (χ2v) is 8.68. The van der Waals surface area contributed by atoms with Crippen molar-refractivity contribution in [2.45, 2.75) is 46.0 Å². The molecule has 11 heteroatoms. The zero-order chi connectivity index (χ0) is 23.1. The van der Waals surface area contributed by atoms with Gasteiger partial charge in [0.15, 0.2) is 16.1 Å². The number of rotatable bonds is 10. The van der Waals surface area contributed by atoms with Crippen molar-refractivity contribution in [2.75, 3.05) is 17.7 Å². The van der Waals surface area contributed by atoms with Crippen molar-refractivity contribution < 1.29 is 19.1 Å². The molecule has 170 valence electrons. The number of ether oxygens (including phenoxy) is 2. The van der Waals surface area contributed by atoms with Crippen LogP contribution in [0.2, 0.25) is 0 Å². The molecule has 0 aliphatic carbocycles.